The number of aromatic nitrogens is 6. The van der Waals surface area contributed by atoms with Crippen LogP contribution in [0.3, 0.4) is 0 Å². The summed E-state index contributed by atoms with van der Waals surface area (Å²) in [7, 11) is 0. The molecule has 47 heavy (non-hydrogen) atoms. The Balaban J connectivity index is 1.10. The van der Waals surface area contributed by atoms with Gasteiger partial charge in [0, 0.05) is 65.6 Å². The lowest BCUT2D eigenvalue weighted by molar-refractivity contribution is 0.433. The van der Waals surface area contributed by atoms with Crippen LogP contribution < -0.4 is 20.2 Å². The highest BCUT2D eigenvalue weighted by Gasteiger charge is 2.23. The van der Waals surface area contributed by atoms with Gasteiger partial charge < -0.3 is 23.4 Å². The highest BCUT2D eigenvalue weighted by molar-refractivity contribution is 7.98. The van der Waals surface area contributed by atoms with Crippen molar-refractivity contribution in [1.82, 2.24) is 30.1 Å². The quantitative estimate of drug-likeness (QED) is 0.172. The fourth-order valence-electron chi connectivity index (χ4n) is 5.30. The molecule has 232 valence electrons. The van der Waals surface area contributed by atoms with Crippen molar-refractivity contribution in [2.75, 3.05) is 36.0 Å². The zero-order valence-corrected chi connectivity index (χ0v) is 26.1. The maximum absolute atomic E-state index is 12.7. The Morgan fingerprint density at radius 3 is 2.49 bits per heavy atom. The number of halogens is 1. The summed E-state index contributed by atoms with van der Waals surface area (Å²) in [5, 5.41) is 11.0. The van der Waals surface area contributed by atoms with Crippen LogP contribution in [0.25, 0.3) is 33.3 Å². The van der Waals surface area contributed by atoms with Crippen molar-refractivity contribution in [3.05, 3.63) is 107 Å². The van der Waals surface area contributed by atoms with E-state index in [9.17, 15) is 4.79 Å². The van der Waals surface area contributed by atoms with Gasteiger partial charge in [0.2, 0.25) is 11.1 Å². The van der Waals surface area contributed by atoms with Gasteiger partial charge in [-0.05, 0) is 42.5 Å². The molecule has 0 atom stereocenters. The van der Waals surface area contributed by atoms with E-state index in [2.05, 4.69) is 34.9 Å². The molecule has 0 radical (unpaired) electrons. The summed E-state index contributed by atoms with van der Waals surface area (Å²) in [5.74, 6) is 0.966. The first kappa shape index (κ1) is 28.9. The highest BCUT2D eigenvalue weighted by atomic mass is 35.5. The van der Waals surface area contributed by atoms with Gasteiger partial charge in [0.25, 0.3) is 11.1 Å². The summed E-state index contributed by atoms with van der Waals surface area (Å²) in [4.78, 5) is 35.5. The summed E-state index contributed by atoms with van der Waals surface area (Å²) < 4.78 is 17.5. The van der Waals surface area contributed by atoms with Crippen LogP contribution in [0.2, 0.25) is 5.02 Å². The molecule has 5 heterocycles. The van der Waals surface area contributed by atoms with Crippen LogP contribution in [0.1, 0.15) is 0 Å². The van der Waals surface area contributed by atoms with Crippen LogP contribution >= 0.6 is 23.4 Å². The third kappa shape index (κ3) is 6.05. The number of ether oxygens (including phenoxy) is 1. The van der Waals surface area contributed by atoms with Crippen LogP contribution in [-0.2, 0) is 0 Å². The molecule has 0 bridgehead atoms. The monoisotopic (exact) mass is 662 g/mol. The third-order valence-electron chi connectivity index (χ3n) is 7.57. The number of para-hydroxylation sites is 2. The summed E-state index contributed by atoms with van der Waals surface area (Å²) >= 11 is 7.27. The Bertz CT molecular complexity index is 2300. The largest absolute Gasteiger partial charge is 0.422 e. The van der Waals surface area contributed by atoms with Crippen molar-refractivity contribution in [2.24, 2.45) is 0 Å². The van der Waals surface area contributed by atoms with Gasteiger partial charge in [0.15, 0.2) is 5.75 Å². The van der Waals surface area contributed by atoms with E-state index in [1.54, 1.807) is 24.4 Å². The molecule has 4 aromatic heterocycles. The van der Waals surface area contributed by atoms with Crippen LogP contribution in [0, 0.1) is 0 Å². The second-order valence-corrected chi connectivity index (χ2v) is 11.9. The van der Waals surface area contributed by atoms with E-state index in [0.717, 1.165) is 41.3 Å². The van der Waals surface area contributed by atoms with Crippen molar-refractivity contribution >= 4 is 56.9 Å². The van der Waals surface area contributed by atoms with Gasteiger partial charge in [-0.1, -0.05) is 54.1 Å². The zero-order chi connectivity index (χ0) is 31.7. The lowest BCUT2D eigenvalue weighted by Crippen LogP contribution is -2.47. The van der Waals surface area contributed by atoms with Crippen molar-refractivity contribution in [2.45, 2.75) is 10.4 Å². The van der Waals surface area contributed by atoms with Crippen LogP contribution in [0.4, 0.5) is 11.6 Å². The Morgan fingerprint density at radius 2 is 1.60 bits per heavy atom. The topological polar surface area (TPSA) is 136 Å². The number of anilines is 2. The van der Waals surface area contributed by atoms with Gasteiger partial charge in [0.05, 0.1) is 0 Å². The van der Waals surface area contributed by atoms with Gasteiger partial charge >= 0.3 is 11.6 Å². The molecule has 0 unspecified atom stereocenters. The lowest BCUT2D eigenvalue weighted by Gasteiger charge is -2.36. The van der Waals surface area contributed by atoms with Gasteiger partial charge in [-0.15, -0.1) is 10.2 Å². The number of piperazine rings is 1. The minimum Gasteiger partial charge on any atom is -0.422 e. The zero-order valence-electron chi connectivity index (χ0n) is 24.5. The smallest absolute Gasteiger partial charge is 0.349 e. The molecular weight excluding hydrogens is 640 g/mol. The van der Waals surface area contributed by atoms with E-state index in [0.29, 0.717) is 40.9 Å². The third-order valence-corrected chi connectivity index (χ3v) is 8.51. The minimum absolute atomic E-state index is 0.0247. The molecular formula is C33H23ClN8O4S. The van der Waals surface area contributed by atoms with E-state index in [-0.39, 0.29) is 27.8 Å². The molecule has 3 aromatic carbocycles. The Hall–Kier alpha value is -5.53. The van der Waals surface area contributed by atoms with Gasteiger partial charge in [0.1, 0.15) is 16.7 Å². The fraction of sp³-hybridized carbons (Fsp3) is 0.121. The Morgan fingerprint density at radius 1 is 0.787 bits per heavy atom. The molecule has 12 nitrogen and oxygen atoms in total. The second-order valence-electron chi connectivity index (χ2n) is 10.5. The second kappa shape index (κ2) is 12.3. The first-order chi connectivity index (χ1) is 23.1. The SMILES string of the molecule is O=c1oc2ccccc2cc1-c1nnc(Sc2nc(Oc3cccc4cccnc34)nc(N3CCN(c4cccc(Cl)c4)CC3)n2)o1. The molecule has 0 aliphatic carbocycles. The maximum atomic E-state index is 12.7. The van der Waals surface area contributed by atoms with Crippen LogP contribution in [0.5, 0.6) is 11.8 Å². The molecule has 1 aliphatic heterocycles. The first-order valence-electron chi connectivity index (χ1n) is 14.6. The molecule has 0 spiro atoms. The number of benzene rings is 3. The highest BCUT2D eigenvalue weighted by Crippen LogP contribution is 2.32. The molecule has 8 rings (SSSR count). The molecule has 0 N–H and O–H groups in total. The predicted octanol–water partition coefficient (Wildman–Crippen LogP) is 6.50. The first-order valence-corrected chi connectivity index (χ1v) is 15.8. The molecule has 14 heteroatoms. The van der Waals surface area contributed by atoms with Crippen molar-refractivity contribution in [1.29, 1.82) is 0 Å². The van der Waals surface area contributed by atoms with Crippen LogP contribution in [-0.4, -0.2) is 56.3 Å². The van der Waals surface area contributed by atoms with Crippen molar-refractivity contribution in [3.8, 4) is 23.2 Å². The van der Waals surface area contributed by atoms with Gasteiger partial charge in [-0.2, -0.15) is 15.0 Å². The average Bonchev–Trinajstić information content (AvgIpc) is 3.56. The Kier molecular flexibility index (Phi) is 7.59. The summed E-state index contributed by atoms with van der Waals surface area (Å²) in [6.45, 7) is 2.77. The number of rotatable bonds is 7. The van der Waals surface area contributed by atoms with E-state index in [1.165, 1.54) is 0 Å². The minimum atomic E-state index is -0.581. The van der Waals surface area contributed by atoms with Crippen LogP contribution in [0.15, 0.2) is 115 Å². The number of hydrogen-bond donors (Lipinski definition) is 0. The van der Waals surface area contributed by atoms with Gasteiger partial charge in [-0.25, -0.2) is 4.79 Å². The number of hydrogen-bond acceptors (Lipinski definition) is 13. The fourth-order valence-corrected chi connectivity index (χ4v) is 6.10. The maximum Gasteiger partial charge on any atom is 0.349 e. The summed E-state index contributed by atoms with van der Waals surface area (Å²) in [6.07, 6.45) is 1.71. The normalized spacial score (nSPS) is 13.4. The van der Waals surface area contributed by atoms with E-state index < -0.39 is 5.63 Å². The molecule has 7 aromatic rings. The lowest BCUT2D eigenvalue weighted by atomic mass is 10.2. The summed E-state index contributed by atoms with van der Waals surface area (Å²) in [6, 6.07) is 26.2. The molecule has 1 fully saturated rings. The molecule has 1 aliphatic rings. The standard InChI is InChI=1S/C33H23ClN8O4S/c34-22-9-4-10-23(19-22)41-14-16-42(17-15-41)30-36-31(45-26-12-3-7-20-8-5-13-35-27(20)26)38-32(37-30)47-33-40-39-28(46-33)24-18-21-6-1-2-11-25(21)44-29(24)43/h1-13,18-19H,14-17H2. The van der Waals surface area contributed by atoms with Crippen molar-refractivity contribution in [3.63, 3.8) is 0 Å². The number of nitrogens with zero attached hydrogens (tertiary/aromatic N) is 8. The Labute approximate surface area is 276 Å². The van der Waals surface area contributed by atoms with Gasteiger partial charge in [-0.3, -0.25) is 4.98 Å². The predicted molar refractivity (Wildman–Crippen MR) is 177 cm³/mol. The molecule has 0 amide bonds. The number of fused-ring (bicyclic) bond motifs is 2. The molecule has 1 saturated heterocycles. The van der Waals surface area contributed by atoms with E-state index in [4.69, 9.17) is 30.2 Å². The van der Waals surface area contributed by atoms with E-state index in [1.807, 2.05) is 66.7 Å². The van der Waals surface area contributed by atoms with E-state index >= 15 is 0 Å². The van der Waals surface area contributed by atoms with Crippen molar-refractivity contribution < 1.29 is 13.6 Å². The number of pyridine rings is 1. The average molecular weight is 663 g/mol. The molecule has 0 saturated carbocycles. The summed E-state index contributed by atoms with van der Waals surface area (Å²) in [5.41, 5.74) is 1.78.